The van der Waals surface area contributed by atoms with Crippen LogP contribution in [0.15, 0.2) is 64.6 Å². The lowest BCUT2D eigenvalue weighted by atomic mass is 10.3. The SMILES string of the molecule is COc1ccc(Sc2nnnn2-c2ccccc2)cc1. The first kappa shape index (κ1) is 12.7. The average molecular weight is 284 g/mol. The maximum Gasteiger partial charge on any atom is 0.218 e. The van der Waals surface area contributed by atoms with Gasteiger partial charge in [-0.05, 0) is 58.6 Å². The zero-order valence-corrected chi connectivity index (χ0v) is 11.6. The van der Waals surface area contributed by atoms with Gasteiger partial charge in [-0.15, -0.1) is 5.10 Å². The van der Waals surface area contributed by atoms with Crippen LogP contribution in [-0.2, 0) is 0 Å². The first-order chi connectivity index (χ1) is 9.86. The van der Waals surface area contributed by atoms with Crippen LogP contribution < -0.4 is 4.74 Å². The minimum absolute atomic E-state index is 0.723. The maximum atomic E-state index is 5.14. The number of tetrazole rings is 1. The molecule has 0 aliphatic rings. The summed E-state index contributed by atoms with van der Waals surface area (Å²) >= 11 is 1.51. The number of para-hydroxylation sites is 1. The van der Waals surface area contributed by atoms with E-state index in [1.165, 1.54) is 11.8 Å². The van der Waals surface area contributed by atoms with Crippen molar-refractivity contribution >= 4 is 11.8 Å². The van der Waals surface area contributed by atoms with E-state index in [1.807, 2.05) is 54.6 Å². The van der Waals surface area contributed by atoms with E-state index in [0.29, 0.717) is 0 Å². The zero-order valence-electron chi connectivity index (χ0n) is 10.8. The van der Waals surface area contributed by atoms with Crippen LogP contribution in [0.2, 0.25) is 0 Å². The summed E-state index contributed by atoms with van der Waals surface area (Å²) < 4.78 is 6.86. The van der Waals surface area contributed by atoms with Gasteiger partial charge in [0.15, 0.2) is 0 Å². The number of ether oxygens (including phenoxy) is 1. The van der Waals surface area contributed by atoms with Gasteiger partial charge in [0.05, 0.1) is 12.8 Å². The van der Waals surface area contributed by atoms with Crippen molar-refractivity contribution in [3.8, 4) is 11.4 Å². The van der Waals surface area contributed by atoms with Crippen molar-refractivity contribution < 1.29 is 4.74 Å². The average Bonchev–Trinajstić information content (AvgIpc) is 2.97. The lowest BCUT2D eigenvalue weighted by Crippen LogP contribution is -1.98. The first-order valence-electron chi connectivity index (χ1n) is 6.02. The highest BCUT2D eigenvalue weighted by Gasteiger charge is 2.09. The summed E-state index contributed by atoms with van der Waals surface area (Å²) in [5.74, 6) is 0.831. The first-order valence-corrected chi connectivity index (χ1v) is 6.84. The van der Waals surface area contributed by atoms with Crippen LogP contribution in [0.3, 0.4) is 0 Å². The molecule has 2 aromatic carbocycles. The van der Waals surface area contributed by atoms with Gasteiger partial charge in [-0.2, -0.15) is 4.68 Å². The van der Waals surface area contributed by atoms with Crippen molar-refractivity contribution in [3.63, 3.8) is 0 Å². The van der Waals surface area contributed by atoms with Crippen molar-refractivity contribution in [2.24, 2.45) is 0 Å². The molecular weight excluding hydrogens is 272 g/mol. The molecule has 0 N–H and O–H groups in total. The highest BCUT2D eigenvalue weighted by molar-refractivity contribution is 7.99. The number of methoxy groups -OCH3 is 1. The standard InChI is InChI=1S/C14H12N4OS/c1-19-12-7-9-13(10-8-12)20-14-15-16-17-18(14)11-5-3-2-4-6-11/h2-10H,1H3. The molecule has 0 fully saturated rings. The van der Waals surface area contributed by atoms with Gasteiger partial charge in [0.1, 0.15) is 5.75 Å². The molecule has 1 heterocycles. The molecule has 0 spiro atoms. The molecule has 0 aliphatic carbocycles. The third kappa shape index (κ3) is 2.65. The van der Waals surface area contributed by atoms with E-state index in [-0.39, 0.29) is 0 Å². The van der Waals surface area contributed by atoms with Crippen LogP contribution >= 0.6 is 11.8 Å². The third-order valence-electron chi connectivity index (χ3n) is 2.71. The van der Waals surface area contributed by atoms with Crippen LogP contribution in [0, 0.1) is 0 Å². The topological polar surface area (TPSA) is 52.8 Å². The lowest BCUT2D eigenvalue weighted by Gasteiger charge is -2.04. The summed E-state index contributed by atoms with van der Waals surface area (Å²) in [6, 6.07) is 17.6. The van der Waals surface area contributed by atoms with Crippen molar-refractivity contribution in [3.05, 3.63) is 54.6 Å². The van der Waals surface area contributed by atoms with E-state index in [0.717, 1.165) is 21.5 Å². The molecule has 20 heavy (non-hydrogen) atoms. The Hall–Kier alpha value is -2.34. The summed E-state index contributed by atoms with van der Waals surface area (Å²) in [4.78, 5) is 1.05. The second-order valence-corrected chi connectivity index (χ2v) is 5.03. The predicted molar refractivity (Wildman–Crippen MR) is 76.3 cm³/mol. The number of benzene rings is 2. The third-order valence-corrected chi connectivity index (χ3v) is 3.66. The Balaban J connectivity index is 1.86. The normalized spacial score (nSPS) is 10.4. The van der Waals surface area contributed by atoms with E-state index in [4.69, 9.17) is 4.74 Å². The largest absolute Gasteiger partial charge is 0.497 e. The zero-order chi connectivity index (χ0) is 13.8. The highest BCUT2D eigenvalue weighted by atomic mass is 32.2. The molecule has 6 heteroatoms. The van der Waals surface area contributed by atoms with Crippen molar-refractivity contribution in [2.45, 2.75) is 10.1 Å². The van der Waals surface area contributed by atoms with E-state index >= 15 is 0 Å². The summed E-state index contributed by atoms with van der Waals surface area (Å²) in [6.45, 7) is 0. The molecule has 100 valence electrons. The Labute approximate surface area is 120 Å². The van der Waals surface area contributed by atoms with Crippen LogP contribution in [0.25, 0.3) is 5.69 Å². The summed E-state index contributed by atoms with van der Waals surface area (Å²) in [6.07, 6.45) is 0. The summed E-state index contributed by atoms with van der Waals surface area (Å²) in [5, 5.41) is 12.6. The predicted octanol–water partition coefficient (Wildman–Crippen LogP) is 2.82. The Kier molecular flexibility index (Phi) is 3.64. The smallest absolute Gasteiger partial charge is 0.218 e. The molecule has 0 radical (unpaired) electrons. The summed E-state index contributed by atoms with van der Waals surface area (Å²) in [7, 11) is 1.65. The fourth-order valence-electron chi connectivity index (χ4n) is 1.72. The maximum absolute atomic E-state index is 5.14. The van der Waals surface area contributed by atoms with E-state index in [1.54, 1.807) is 11.8 Å². The van der Waals surface area contributed by atoms with Crippen LogP contribution in [0.5, 0.6) is 5.75 Å². The van der Waals surface area contributed by atoms with Gasteiger partial charge in [0.2, 0.25) is 5.16 Å². The molecule has 0 bridgehead atoms. The molecular formula is C14H12N4OS. The van der Waals surface area contributed by atoms with Crippen LogP contribution in [0.1, 0.15) is 0 Å². The quantitative estimate of drug-likeness (QED) is 0.737. The molecule has 0 unspecified atom stereocenters. The van der Waals surface area contributed by atoms with Crippen molar-refractivity contribution in [2.75, 3.05) is 7.11 Å². The number of rotatable bonds is 4. The Morgan fingerprint density at radius 2 is 1.75 bits per heavy atom. The minimum Gasteiger partial charge on any atom is -0.497 e. The monoisotopic (exact) mass is 284 g/mol. The lowest BCUT2D eigenvalue weighted by molar-refractivity contribution is 0.414. The molecule has 0 aliphatic heterocycles. The molecule has 0 amide bonds. The van der Waals surface area contributed by atoms with Crippen molar-refractivity contribution in [1.29, 1.82) is 0 Å². The minimum atomic E-state index is 0.723. The van der Waals surface area contributed by atoms with Crippen molar-refractivity contribution in [1.82, 2.24) is 20.2 Å². The fraction of sp³-hybridized carbons (Fsp3) is 0.0714. The van der Waals surface area contributed by atoms with Gasteiger partial charge in [0, 0.05) is 4.90 Å². The van der Waals surface area contributed by atoms with Gasteiger partial charge in [-0.3, -0.25) is 0 Å². The highest BCUT2D eigenvalue weighted by Crippen LogP contribution is 2.28. The molecule has 3 aromatic rings. The number of hydrogen-bond acceptors (Lipinski definition) is 5. The fourth-order valence-corrected chi connectivity index (χ4v) is 2.51. The number of aromatic nitrogens is 4. The molecule has 0 atom stereocenters. The molecule has 1 aromatic heterocycles. The number of hydrogen-bond donors (Lipinski definition) is 0. The molecule has 0 saturated heterocycles. The van der Waals surface area contributed by atoms with Crippen LogP contribution in [0.4, 0.5) is 0 Å². The molecule has 0 saturated carbocycles. The number of nitrogens with zero attached hydrogens (tertiary/aromatic N) is 4. The Morgan fingerprint density at radius 1 is 1.00 bits per heavy atom. The second-order valence-electron chi connectivity index (χ2n) is 3.99. The van der Waals surface area contributed by atoms with Gasteiger partial charge in [0.25, 0.3) is 0 Å². The summed E-state index contributed by atoms with van der Waals surface area (Å²) in [5.41, 5.74) is 0.938. The van der Waals surface area contributed by atoms with E-state index in [2.05, 4.69) is 15.5 Å². The van der Waals surface area contributed by atoms with Gasteiger partial charge in [-0.1, -0.05) is 18.2 Å². The Bertz CT molecular complexity index is 682. The molecule has 5 nitrogen and oxygen atoms in total. The Morgan fingerprint density at radius 3 is 2.45 bits per heavy atom. The van der Waals surface area contributed by atoms with Crippen LogP contribution in [-0.4, -0.2) is 27.3 Å². The van der Waals surface area contributed by atoms with Gasteiger partial charge < -0.3 is 4.74 Å². The van der Waals surface area contributed by atoms with E-state index in [9.17, 15) is 0 Å². The van der Waals surface area contributed by atoms with Gasteiger partial charge >= 0.3 is 0 Å². The van der Waals surface area contributed by atoms with E-state index < -0.39 is 0 Å². The molecule has 3 rings (SSSR count). The second kappa shape index (κ2) is 5.75. The van der Waals surface area contributed by atoms with Gasteiger partial charge in [-0.25, -0.2) is 0 Å².